The second-order valence-corrected chi connectivity index (χ2v) is 7.67. The van der Waals surface area contributed by atoms with Crippen LogP contribution in [0.1, 0.15) is 15.2 Å². The number of thiophene rings is 2. The Kier molecular flexibility index (Phi) is 3.82. The summed E-state index contributed by atoms with van der Waals surface area (Å²) >= 11 is 3.10. The minimum atomic E-state index is 0.102. The lowest BCUT2D eigenvalue weighted by Crippen LogP contribution is -2.26. The maximum Gasteiger partial charge on any atom is 0.194 e. The number of carbonyl (C=O) groups is 1. The van der Waals surface area contributed by atoms with Crippen molar-refractivity contribution in [2.75, 3.05) is 25.5 Å². The molecule has 0 aromatic carbocycles. The molecule has 24 heavy (non-hydrogen) atoms. The molecule has 1 aliphatic rings. The molecule has 0 N–H and O–H groups in total. The number of carbonyl (C=O) groups excluding carboxylic acids is 1. The van der Waals surface area contributed by atoms with Gasteiger partial charge in [0.1, 0.15) is 9.71 Å². The van der Waals surface area contributed by atoms with Crippen LogP contribution in [0.5, 0.6) is 0 Å². The normalized spacial score (nSPS) is 14.1. The van der Waals surface area contributed by atoms with Crippen molar-refractivity contribution < 1.29 is 4.79 Å². The van der Waals surface area contributed by atoms with E-state index in [1.54, 1.807) is 23.9 Å². The van der Waals surface area contributed by atoms with Gasteiger partial charge in [0.2, 0.25) is 0 Å². The first-order chi connectivity index (χ1) is 11.6. The smallest absolute Gasteiger partial charge is 0.194 e. The summed E-state index contributed by atoms with van der Waals surface area (Å²) in [6, 6.07) is 4.04. The van der Waals surface area contributed by atoms with Gasteiger partial charge in [0.15, 0.2) is 5.78 Å². The summed E-state index contributed by atoms with van der Waals surface area (Å²) in [4.78, 5) is 27.4. The Morgan fingerprint density at radius 1 is 1.33 bits per heavy atom. The van der Waals surface area contributed by atoms with Crippen LogP contribution in [0.3, 0.4) is 0 Å². The van der Waals surface area contributed by atoms with Crippen LogP contribution in [-0.2, 0) is 6.54 Å². The molecule has 3 aromatic heterocycles. The van der Waals surface area contributed by atoms with Crippen molar-refractivity contribution in [1.29, 1.82) is 0 Å². The van der Waals surface area contributed by atoms with Gasteiger partial charge in [0.05, 0.1) is 29.6 Å². The third-order valence-electron chi connectivity index (χ3n) is 3.94. The number of fused-ring (bicyclic) bond motifs is 3. The van der Waals surface area contributed by atoms with Gasteiger partial charge in [0.25, 0.3) is 0 Å². The van der Waals surface area contributed by atoms with Gasteiger partial charge < -0.3 is 9.80 Å². The topological polar surface area (TPSA) is 48.8 Å². The number of anilines is 1. The van der Waals surface area contributed by atoms with Gasteiger partial charge in [-0.05, 0) is 28.5 Å². The number of nitrogens with zero attached hydrogens (tertiary/aromatic N) is 4. The molecule has 0 spiro atoms. The molecule has 122 valence electrons. The minimum Gasteiger partial charge on any atom is -0.377 e. The highest BCUT2D eigenvalue weighted by molar-refractivity contribution is 7.21. The second kappa shape index (κ2) is 5.99. The van der Waals surface area contributed by atoms with Gasteiger partial charge in [-0.2, -0.15) is 11.3 Å². The molecule has 0 bridgehead atoms. The molecule has 0 fully saturated rings. The molecule has 0 atom stereocenters. The quantitative estimate of drug-likeness (QED) is 0.716. The van der Waals surface area contributed by atoms with Gasteiger partial charge in [-0.15, -0.1) is 11.3 Å². The first kappa shape index (κ1) is 15.3. The number of aliphatic imine (C=N–C) groups is 1. The Hall–Kier alpha value is -2.25. The number of hydrogen-bond donors (Lipinski definition) is 0. The van der Waals surface area contributed by atoms with Gasteiger partial charge in [-0.3, -0.25) is 4.79 Å². The zero-order valence-corrected chi connectivity index (χ0v) is 15.0. The van der Waals surface area contributed by atoms with Gasteiger partial charge in [-0.25, -0.2) is 9.98 Å². The Bertz CT molecular complexity index is 928. The van der Waals surface area contributed by atoms with E-state index in [9.17, 15) is 4.79 Å². The van der Waals surface area contributed by atoms with E-state index in [2.05, 4.69) is 21.4 Å². The van der Waals surface area contributed by atoms with E-state index in [-0.39, 0.29) is 5.78 Å². The van der Waals surface area contributed by atoms with Crippen molar-refractivity contribution in [1.82, 2.24) is 9.88 Å². The zero-order chi connectivity index (χ0) is 16.7. The third kappa shape index (κ3) is 2.59. The van der Waals surface area contributed by atoms with Gasteiger partial charge in [-0.1, -0.05) is 0 Å². The molecule has 1 aliphatic heterocycles. The highest BCUT2D eigenvalue weighted by Crippen LogP contribution is 2.42. The molecule has 4 heterocycles. The fourth-order valence-electron chi connectivity index (χ4n) is 2.83. The fraction of sp³-hybridized carbons (Fsp3) is 0.235. The first-order valence-electron chi connectivity index (χ1n) is 7.55. The summed E-state index contributed by atoms with van der Waals surface area (Å²) in [6.07, 6.45) is 3.57. The number of aromatic nitrogens is 1. The molecule has 5 nitrogen and oxygen atoms in total. The first-order valence-corrected chi connectivity index (χ1v) is 9.31. The van der Waals surface area contributed by atoms with Crippen LogP contribution in [0, 0.1) is 0 Å². The molecule has 4 rings (SSSR count). The van der Waals surface area contributed by atoms with E-state index in [1.165, 1.54) is 16.9 Å². The summed E-state index contributed by atoms with van der Waals surface area (Å²) in [5, 5.41) is 5.11. The molecule has 0 unspecified atom stereocenters. The highest BCUT2D eigenvalue weighted by atomic mass is 32.1. The van der Waals surface area contributed by atoms with E-state index >= 15 is 0 Å². The predicted molar refractivity (Wildman–Crippen MR) is 101 cm³/mol. The lowest BCUT2D eigenvalue weighted by molar-refractivity contribution is 0.0969. The molecular weight excluding hydrogens is 340 g/mol. The van der Waals surface area contributed by atoms with Crippen LogP contribution in [0.4, 0.5) is 11.4 Å². The summed E-state index contributed by atoms with van der Waals surface area (Å²) in [5.41, 5.74) is 2.99. The zero-order valence-electron chi connectivity index (χ0n) is 13.4. The summed E-state index contributed by atoms with van der Waals surface area (Å²) in [6.45, 7) is 1.04. The standard InChI is InChI=1S/C17H16N4OS2/c1-20(2)12-3-5-18-17-14(12)15-16(24-17)13(22)8-21(10-19-15)7-11-4-6-23-9-11/h3-6,9-10H,7-8H2,1-2H3. The molecular formula is C17H16N4OS2. The van der Waals surface area contributed by atoms with E-state index in [0.29, 0.717) is 18.0 Å². The SMILES string of the molecule is CN(C)c1ccnc2sc3c(c12)N=CN(Cc1ccsc1)CC3=O. The van der Waals surface area contributed by atoms with Crippen LogP contribution in [0.25, 0.3) is 10.2 Å². The lowest BCUT2D eigenvalue weighted by Gasteiger charge is -2.15. The van der Waals surface area contributed by atoms with E-state index in [0.717, 1.165) is 21.6 Å². The molecule has 0 saturated carbocycles. The maximum atomic E-state index is 12.7. The van der Waals surface area contributed by atoms with Gasteiger partial charge in [0, 0.05) is 26.8 Å². The summed E-state index contributed by atoms with van der Waals surface area (Å²) in [5.74, 6) is 0.102. The average Bonchev–Trinajstić information content (AvgIpc) is 3.16. The Morgan fingerprint density at radius 3 is 2.96 bits per heavy atom. The van der Waals surface area contributed by atoms with E-state index in [4.69, 9.17) is 0 Å². The predicted octanol–water partition coefficient (Wildman–Crippen LogP) is 3.78. The van der Waals surface area contributed by atoms with Crippen LogP contribution in [-0.4, -0.2) is 42.6 Å². The number of Topliss-reactive ketones (excluding diaryl/α,β-unsaturated/α-hetero) is 1. The maximum absolute atomic E-state index is 12.7. The van der Waals surface area contributed by atoms with Crippen molar-refractivity contribution in [3.05, 3.63) is 39.5 Å². The number of ketones is 1. The van der Waals surface area contributed by atoms with Crippen LogP contribution in [0.15, 0.2) is 34.1 Å². The molecule has 0 amide bonds. The Balaban J connectivity index is 1.79. The van der Waals surface area contributed by atoms with Crippen molar-refractivity contribution in [2.45, 2.75) is 6.54 Å². The van der Waals surface area contributed by atoms with Crippen molar-refractivity contribution in [3.8, 4) is 0 Å². The van der Waals surface area contributed by atoms with Crippen molar-refractivity contribution >= 4 is 56.4 Å². The van der Waals surface area contributed by atoms with E-state index in [1.807, 2.05) is 35.3 Å². The Labute approximate surface area is 147 Å². The van der Waals surface area contributed by atoms with Crippen LogP contribution < -0.4 is 4.90 Å². The molecule has 0 saturated heterocycles. The Morgan fingerprint density at radius 2 is 2.21 bits per heavy atom. The molecule has 7 heteroatoms. The largest absolute Gasteiger partial charge is 0.377 e. The number of hydrogen-bond acceptors (Lipinski definition) is 7. The van der Waals surface area contributed by atoms with Crippen molar-refractivity contribution in [3.63, 3.8) is 0 Å². The van der Waals surface area contributed by atoms with Gasteiger partial charge >= 0.3 is 0 Å². The second-order valence-electron chi connectivity index (χ2n) is 5.89. The summed E-state index contributed by atoms with van der Waals surface area (Å²) < 4.78 is 0. The number of rotatable bonds is 3. The lowest BCUT2D eigenvalue weighted by atomic mass is 10.2. The average molecular weight is 356 g/mol. The fourth-order valence-corrected chi connectivity index (χ4v) is 4.53. The molecule has 0 radical (unpaired) electrons. The van der Waals surface area contributed by atoms with Crippen LogP contribution in [0.2, 0.25) is 0 Å². The van der Waals surface area contributed by atoms with Crippen molar-refractivity contribution in [2.24, 2.45) is 4.99 Å². The molecule has 3 aromatic rings. The summed E-state index contributed by atoms with van der Waals surface area (Å²) in [7, 11) is 3.98. The third-order valence-corrected chi connectivity index (χ3v) is 5.80. The minimum absolute atomic E-state index is 0.102. The number of pyridine rings is 1. The van der Waals surface area contributed by atoms with Crippen LogP contribution >= 0.6 is 22.7 Å². The highest BCUT2D eigenvalue weighted by Gasteiger charge is 2.25. The van der Waals surface area contributed by atoms with E-state index < -0.39 is 0 Å². The molecule has 0 aliphatic carbocycles. The monoisotopic (exact) mass is 356 g/mol.